The molecule has 0 heterocycles. The molecule has 0 spiro atoms. The largest absolute Gasteiger partial charge is 0.444 e. The van der Waals surface area contributed by atoms with Gasteiger partial charge in [-0.1, -0.05) is 30.3 Å². The van der Waals surface area contributed by atoms with Gasteiger partial charge in [-0.2, -0.15) is 0 Å². The van der Waals surface area contributed by atoms with Gasteiger partial charge in [0.25, 0.3) is 0 Å². The molecule has 6 nitrogen and oxygen atoms in total. The minimum atomic E-state index is -0.594. The Kier molecular flexibility index (Phi) is 7.69. The van der Waals surface area contributed by atoms with Gasteiger partial charge in [-0.25, -0.2) is 9.59 Å². The second-order valence-corrected chi connectivity index (χ2v) is 8.66. The Morgan fingerprint density at radius 2 is 1.37 bits per heavy atom. The number of amides is 2. The van der Waals surface area contributed by atoms with Gasteiger partial charge in [-0.3, -0.25) is 4.90 Å². The molecule has 0 radical (unpaired) electrons. The molecule has 0 saturated heterocycles. The summed E-state index contributed by atoms with van der Waals surface area (Å²) in [6, 6.07) is 9.56. The van der Waals surface area contributed by atoms with Crippen LogP contribution >= 0.6 is 0 Å². The quantitative estimate of drug-likeness (QED) is 0.735. The van der Waals surface area contributed by atoms with Gasteiger partial charge >= 0.3 is 12.2 Å². The van der Waals surface area contributed by atoms with E-state index in [2.05, 4.69) is 0 Å². The second-order valence-electron chi connectivity index (χ2n) is 8.66. The van der Waals surface area contributed by atoms with E-state index in [0.29, 0.717) is 13.1 Å². The molecule has 1 atom stereocenters. The Hall–Kier alpha value is -2.24. The van der Waals surface area contributed by atoms with Crippen molar-refractivity contribution in [1.29, 1.82) is 0 Å². The number of ether oxygens (including phenoxy) is 2. The van der Waals surface area contributed by atoms with Crippen molar-refractivity contribution in [3.8, 4) is 0 Å². The lowest BCUT2D eigenvalue weighted by atomic mass is 10.1. The molecule has 1 rings (SSSR count). The number of hydrogen-bond donors (Lipinski definition) is 0. The summed E-state index contributed by atoms with van der Waals surface area (Å²) in [6.45, 7) is 13.6. The monoisotopic (exact) mass is 378 g/mol. The van der Waals surface area contributed by atoms with E-state index < -0.39 is 23.4 Å². The molecule has 1 aromatic rings. The number of hydrogen-bond acceptors (Lipinski definition) is 4. The molecule has 0 unspecified atom stereocenters. The Labute approximate surface area is 163 Å². The van der Waals surface area contributed by atoms with Crippen LogP contribution in [0.15, 0.2) is 30.3 Å². The Balaban J connectivity index is 2.88. The summed E-state index contributed by atoms with van der Waals surface area (Å²) in [5.74, 6) is 0. The van der Waals surface area contributed by atoms with Crippen LogP contribution < -0.4 is 0 Å². The van der Waals surface area contributed by atoms with Crippen molar-refractivity contribution in [2.75, 3.05) is 20.1 Å². The van der Waals surface area contributed by atoms with E-state index in [0.717, 1.165) is 5.56 Å². The van der Waals surface area contributed by atoms with Crippen molar-refractivity contribution in [2.24, 2.45) is 0 Å². The highest BCUT2D eigenvalue weighted by molar-refractivity contribution is 5.70. The van der Waals surface area contributed by atoms with Gasteiger partial charge in [0.2, 0.25) is 0 Å². The van der Waals surface area contributed by atoms with Crippen LogP contribution in [0.5, 0.6) is 0 Å². The van der Waals surface area contributed by atoms with Gasteiger partial charge in [0.05, 0.1) is 6.04 Å². The van der Waals surface area contributed by atoms with Crippen molar-refractivity contribution in [1.82, 2.24) is 9.80 Å². The van der Waals surface area contributed by atoms with Crippen molar-refractivity contribution < 1.29 is 19.1 Å². The van der Waals surface area contributed by atoms with E-state index in [-0.39, 0.29) is 6.04 Å². The molecule has 0 saturated carbocycles. The summed E-state index contributed by atoms with van der Waals surface area (Å²) >= 11 is 0. The fourth-order valence-electron chi connectivity index (χ4n) is 2.36. The van der Waals surface area contributed by atoms with E-state index in [4.69, 9.17) is 9.47 Å². The molecule has 0 fully saturated rings. The third-order valence-electron chi connectivity index (χ3n) is 3.76. The SMILES string of the molecule is C[C@H](c1ccccc1)N(CCN(C)C(=O)OC(C)(C)C)C(=O)OC(C)(C)C. The first kappa shape index (κ1) is 22.8. The highest BCUT2D eigenvalue weighted by atomic mass is 16.6. The fraction of sp³-hybridized carbons (Fsp3) is 0.619. The fourth-order valence-corrected chi connectivity index (χ4v) is 2.36. The summed E-state index contributed by atoms with van der Waals surface area (Å²) in [7, 11) is 1.66. The second kappa shape index (κ2) is 9.11. The van der Waals surface area contributed by atoms with Crippen LogP contribution in [0, 0.1) is 0 Å². The first-order valence-corrected chi connectivity index (χ1v) is 9.29. The zero-order chi connectivity index (χ0) is 20.8. The van der Waals surface area contributed by atoms with Crippen LogP contribution in [0.4, 0.5) is 9.59 Å². The third-order valence-corrected chi connectivity index (χ3v) is 3.76. The Morgan fingerprint density at radius 1 is 0.889 bits per heavy atom. The molecule has 27 heavy (non-hydrogen) atoms. The van der Waals surface area contributed by atoms with E-state index in [1.54, 1.807) is 11.9 Å². The lowest BCUT2D eigenvalue weighted by Gasteiger charge is -2.33. The minimum absolute atomic E-state index is 0.187. The molecule has 0 aromatic heterocycles. The number of benzene rings is 1. The van der Waals surface area contributed by atoms with Crippen molar-refractivity contribution in [3.05, 3.63) is 35.9 Å². The summed E-state index contributed by atoms with van der Waals surface area (Å²) in [5, 5.41) is 0. The molecule has 2 amide bonds. The van der Waals surface area contributed by atoms with Crippen molar-refractivity contribution in [2.45, 2.75) is 65.7 Å². The van der Waals surface area contributed by atoms with Crippen LogP contribution in [-0.4, -0.2) is 53.3 Å². The highest BCUT2D eigenvalue weighted by Gasteiger charge is 2.28. The molecule has 0 aliphatic heterocycles. The van der Waals surface area contributed by atoms with Crippen LogP contribution in [0.1, 0.15) is 60.1 Å². The van der Waals surface area contributed by atoms with Gasteiger partial charge in [0, 0.05) is 20.1 Å². The highest BCUT2D eigenvalue weighted by Crippen LogP contribution is 2.22. The van der Waals surface area contributed by atoms with Gasteiger partial charge in [-0.05, 0) is 54.0 Å². The molecular weight excluding hydrogens is 344 g/mol. The van der Waals surface area contributed by atoms with E-state index in [9.17, 15) is 9.59 Å². The number of carbonyl (C=O) groups excluding carboxylic acids is 2. The topological polar surface area (TPSA) is 59.1 Å². The average molecular weight is 379 g/mol. The van der Waals surface area contributed by atoms with Crippen LogP contribution in [0.3, 0.4) is 0 Å². The van der Waals surface area contributed by atoms with Crippen LogP contribution in [0.25, 0.3) is 0 Å². The maximum Gasteiger partial charge on any atom is 0.410 e. The lowest BCUT2D eigenvalue weighted by Crippen LogP contribution is -2.44. The normalized spacial score (nSPS) is 12.9. The average Bonchev–Trinajstić information content (AvgIpc) is 2.52. The number of rotatable bonds is 5. The van der Waals surface area contributed by atoms with Crippen LogP contribution in [-0.2, 0) is 9.47 Å². The van der Waals surface area contributed by atoms with Gasteiger partial charge < -0.3 is 14.4 Å². The first-order valence-electron chi connectivity index (χ1n) is 9.29. The Morgan fingerprint density at radius 3 is 1.85 bits per heavy atom. The smallest absolute Gasteiger partial charge is 0.410 e. The third kappa shape index (κ3) is 8.33. The zero-order valence-corrected chi connectivity index (χ0v) is 17.9. The molecule has 0 N–H and O–H groups in total. The molecule has 0 aliphatic rings. The standard InChI is InChI=1S/C21H34N2O4/c1-16(17-12-10-9-11-13-17)23(19(25)27-21(5,6)7)15-14-22(8)18(24)26-20(2,3)4/h9-13,16H,14-15H2,1-8H3/t16-/m1/s1. The molecular formula is C21H34N2O4. The maximum atomic E-state index is 12.8. The molecule has 6 heteroatoms. The van der Waals surface area contributed by atoms with Crippen molar-refractivity contribution in [3.63, 3.8) is 0 Å². The number of nitrogens with zero attached hydrogens (tertiary/aromatic N) is 2. The number of carbonyl (C=O) groups is 2. The van der Waals surface area contributed by atoms with Gasteiger partial charge in [0.1, 0.15) is 11.2 Å². The summed E-state index contributed by atoms with van der Waals surface area (Å²) in [4.78, 5) is 28.0. The summed E-state index contributed by atoms with van der Waals surface area (Å²) < 4.78 is 10.9. The van der Waals surface area contributed by atoms with Gasteiger partial charge in [-0.15, -0.1) is 0 Å². The van der Waals surface area contributed by atoms with Crippen LogP contribution in [0.2, 0.25) is 0 Å². The first-order chi connectivity index (χ1) is 12.3. The summed E-state index contributed by atoms with van der Waals surface area (Å²) in [6.07, 6.45) is -0.824. The van der Waals surface area contributed by atoms with E-state index in [1.807, 2.05) is 78.8 Å². The predicted octanol–water partition coefficient (Wildman–Crippen LogP) is 4.85. The van der Waals surface area contributed by atoms with Crippen molar-refractivity contribution >= 4 is 12.2 Å². The molecule has 1 aromatic carbocycles. The molecule has 0 bridgehead atoms. The lowest BCUT2D eigenvalue weighted by molar-refractivity contribution is 0.0103. The number of likely N-dealkylation sites (N-methyl/N-ethyl adjacent to an activating group) is 1. The van der Waals surface area contributed by atoms with E-state index in [1.165, 1.54) is 4.90 Å². The predicted molar refractivity (Wildman–Crippen MR) is 107 cm³/mol. The summed E-state index contributed by atoms with van der Waals surface area (Å²) in [5.41, 5.74) is -0.153. The van der Waals surface area contributed by atoms with Gasteiger partial charge in [0.15, 0.2) is 0 Å². The Bertz CT molecular complexity index is 617. The molecule has 152 valence electrons. The minimum Gasteiger partial charge on any atom is -0.444 e. The maximum absolute atomic E-state index is 12.8. The zero-order valence-electron chi connectivity index (χ0n) is 17.9. The molecule has 0 aliphatic carbocycles. The van der Waals surface area contributed by atoms with E-state index >= 15 is 0 Å².